The number of carbonyl (C=O) groups excluding carboxylic acids is 4. The van der Waals surface area contributed by atoms with Gasteiger partial charge in [0.2, 0.25) is 0 Å². The number of rotatable bonds is 11. The molecule has 12 aromatic rings. The van der Waals surface area contributed by atoms with Crippen LogP contribution < -0.4 is 9.80 Å². The van der Waals surface area contributed by atoms with Gasteiger partial charge in [0, 0.05) is 82.5 Å². The van der Waals surface area contributed by atoms with Crippen LogP contribution in [0.1, 0.15) is 162 Å². The zero-order chi connectivity index (χ0) is 57.3. The molecule has 82 heavy (non-hydrogen) atoms. The molecule has 4 amide bonds. The SMILES string of the molecule is CC.Cc1cc2c3c(ccc4c5c(-c6ccc(-c7ccc(-c8ccc(-c9ccc(-c%10cccs%10)s9)s8)s7)s6)cc6c7c(ccc(c1c34)c75)C(=O)N(c1c(C(C)C)cccc1C(C)C)C6=O)C(=O)N(c1c(C(C)C)cccc1C(C)C)C2=O. The fourth-order valence-electron chi connectivity index (χ4n) is 12.7. The van der Waals surface area contributed by atoms with Gasteiger partial charge in [0.25, 0.3) is 23.6 Å². The fraction of sp³-hybridized carbons (Fsp3) is 0.211. The Morgan fingerprint density at radius 1 is 0.329 bits per heavy atom. The molecular formula is C71H60N2O4S5. The molecule has 0 fully saturated rings. The Hall–Kier alpha value is -7.38. The highest BCUT2D eigenvalue weighted by Crippen LogP contribution is 2.54. The predicted octanol–water partition coefficient (Wildman–Crippen LogP) is 21.8. The molecule has 408 valence electrons. The van der Waals surface area contributed by atoms with Crippen LogP contribution in [-0.2, 0) is 0 Å². The van der Waals surface area contributed by atoms with Crippen molar-refractivity contribution in [1.29, 1.82) is 0 Å². The number of carbonyl (C=O) groups is 4. The minimum absolute atomic E-state index is 0.0428. The highest BCUT2D eigenvalue weighted by Gasteiger charge is 2.42. The van der Waals surface area contributed by atoms with Gasteiger partial charge in [-0.25, -0.2) is 9.80 Å². The van der Waals surface area contributed by atoms with Crippen molar-refractivity contribution in [2.75, 3.05) is 9.80 Å². The Bertz CT molecular complexity index is 4560. The number of thiophene rings is 5. The maximum absolute atomic E-state index is 15.8. The second-order valence-electron chi connectivity index (χ2n) is 22.5. The summed E-state index contributed by atoms with van der Waals surface area (Å²) < 4.78 is 0. The first-order chi connectivity index (χ1) is 39.6. The molecular weight excluding hydrogens is 1110 g/mol. The number of aryl methyl sites for hydroxylation is 1. The van der Waals surface area contributed by atoms with Gasteiger partial charge in [-0.2, -0.15) is 0 Å². The van der Waals surface area contributed by atoms with E-state index in [2.05, 4.69) is 121 Å². The van der Waals surface area contributed by atoms with Crippen molar-refractivity contribution >= 4 is 135 Å². The molecule has 7 heterocycles. The normalized spacial score (nSPS) is 13.5. The number of benzene rings is 7. The van der Waals surface area contributed by atoms with Crippen molar-refractivity contribution in [3.8, 4) is 49.5 Å². The van der Waals surface area contributed by atoms with Crippen molar-refractivity contribution in [3.63, 3.8) is 0 Å². The number of hydrogen-bond donors (Lipinski definition) is 0. The van der Waals surface area contributed by atoms with Crippen molar-refractivity contribution in [2.24, 2.45) is 0 Å². The molecule has 2 aliphatic rings. The Labute approximate surface area is 498 Å². The summed E-state index contributed by atoms with van der Waals surface area (Å²) in [7, 11) is 0. The lowest BCUT2D eigenvalue weighted by Crippen LogP contribution is -2.42. The second-order valence-corrected chi connectivity index (χ2v) is 27.8. The Balaban J connectivity index is 0.00000312. The van der Waals surface area contributed by atoms with E-state index in [0.29, 0.717) is 44.4 Å². The maximum atomic E-state index is 15.8. The van der Waals surface area contributed by atoms with Gasteiger partial charge in [0.15, 0.2) is 0 Å². The number of para-hydroxylation sites is 2. The van der Waals surface area contributed by atoms with Crippen molar-refractivity contribution in [1.82, 2.24) is 0 Å². The standard InChI is InChI=1S/C69H54N2O4S5.C2H6/c1-33(2)38-13-10-14-39(34(3)4)64(38)70-66(72)44-21-19-43-59-46(49-22-23-52(77-49)53-26-27-56(79-53)57-29-28-55(80-57)54-25-24-51(78-54)50-17-12-30-76-50)32-48-61-45(20-18-42(63(59)61)58-37(9)31-47(68(70)74)60(44)62(43)58)67(73)71(69(48)75)65-40(35(5)6)15-11-16-41(65)36(7)8;1-2/h10-36H,1-9H3;1-2H3. The number of amides is 4. The largest absolute Gasteiger partial charge is 0.268 e. The molecule has 0 radical (unpaired) electrons. The lowest BCUT2D eigenvalue weighted by Gasteiger charge is -2.34. The van der Waals surface area contributed by atoms with Gasteiger partial charge in [-0.3, -0.25) is 19.2 Å². The van der Waals surface area contributed by atoms with E-state index in [4.69, 9.17) is 0 Å². The minimum Gasteiger partial charge on any atom is -0.268 e. The highest BCUT2D eigenvalue weighted by atomic mass is 32.1. The molecule has 0 bridgehead atoms. The van der Waals surface area contributed by atoms with Gasteiger partial charge < -0.3 is 0 Å². The summed E-state index contributed by atoms with van der Waals surface area (Å²) in [6, 6.07) is 46.0. The van der Waals surface area contributed by atoms with Gasteiger partial charge in [0.05, 0.1) is 11.4 Å². The monoisotopic (exact) mass is 1160 g/mol. The highest BCUT2D eigenvalue weighted by molar-refractivity contribution is 7.30. The molecule has 5 aromatic heterocycles. The van der Waals surface area contributed by atoms with E-state index in [0.717, 1.165) is 80.3 Å². The van der Waals surface area contributed by atoms with Gasteiger partial charge in [0.1, 0.15) is 0 Å². The maximum Gasteiger partial charge on any atom is 0.266 e. The molecule has 11 heteroatoms. The summed E-state index contributed by atoms with van der Waals surface area (Å²) >= 11 is 8.87. The third-order valence-electron chi connectivity index (χ3n) is 16.3. The van der Waals surface area contributed by atoms with Crippen LogP contribution in [0.15, 0.2) is 139 Å². The Morgan fingerprint density at radius 2 is 0.683 bits per heavy atom. The molecule has 0 N–H and O–H groups in total. The zero-order valence-corrected chi connectivity index (χ0v) is 51.7. The van der Waals surface area contributed by atoms with E-state index in [1.54, 1.807) is 34.0 Å². The average Bonchev–Trinajstić information content (AvgIpc) is 2.04. The van der Waals surface area contributed by atoms with Crippen LogP contribution in [0.2, 0.25) is 0 Å². The van der Waals surface area contributed by atoms with Crippen LogP contribution in [0.3, 0.4) is 0 Å². The summed E-state index contributed by atoms with van der Waals surface area (Å²) in [4.78, 5) is 75.6. The summed E-state index contributed by atoms with van der Waals surface area (Å²) in [6.45, 7) is 22.9. The fourth-order valence-corrected chi connectivity index (χ4v) is 17.8. The van der Waals surface area contributed by atoms with Crippen LogP contribution in [0.4, 0.5) is 11.4 Å². The Kier molecular flexibility index (Phi) is 13.5. The number of hydrogen-bond acceptors (Lipinski definition) is 9. The molecule has 0 atom stereocenters. The number of imide groups is 2. The summed E-state index contributed by atoms with van der Waals surface area (Å²) in [6.07, 6.45) is 0. The molecule has 0 spiro atoms. The van der Waals surface area contributed by atoms with E-state index < -0.39 is 0 Å². The van der Waals surface area contributed by atoms with E-state index in [1.165, 1.54) is 39.1 Å². The van der Waals surface area contributed by atoms with Crippen LogP contribution in [0.5, 0.6) is 0 Å². The van der Waals surface area contributed by atoms with Crippen LogP contribution in [0.25, 0.3) is 92.5 Å². The molecule has 7 aromatic carbocycles. The lowest BCUT2D eigenvalue weighted by molar-refractivity contribution is 0.0877. The van der Waals surface area contributed by atoms with Crippen molar-refractivity contribution in [3.05, 3.63) is 189 Å². The molecule has 0 saturated heterocycles. The summed E-state index contributed by atoms with van der Waals surface area (Å²) in [5, 5.41) is 8.55. The number of nitrogens with zero attached hydrogens (tertiary/aromatic N) is 2. The number of anilines is 2. The second kappa shape index (κ2) is 20.5. The number of fused-ring (bicyclic) bond motifs is 2. The molecule has 0 unspecified atom stereocenters. The van der Waals surface area contributed by atoms with E-state index in [9.17, 15) is 0 Å². The van der Waals surface area contributed by atoms with E-state index in [1.807, 2.05) is 116 Å². The van der Waals surface area contributed by atoms with Crippen LogP contribution in [-0.4, -0.2) is 23.6 Å². The first kappa shape index (κ1) is 53.9. The third kappa shape index (κ3) is 8.16. The Morgan fingerprint density at radius 3 is 1.09 bits per heavy atom. The summed E-state index contributed by atoms with van der Waals surface area (Å²) in [5.74, 6) is -1.19. The summed E-state index contributed by atoms with van der Waals surface area (Å²) in [5.41, 5.74) is 8.73. The topological polar surface area (TPSA) is 74.8 Å². The minimum atomic E-state index is -0.353. The lowest BCUT2D eigenvalue weighted by atomic mass is 9.79. The molecule has 14 rings (SSSR count). The van der Waals surface area contributed by atoms with Crippen LogP contribution in [0, 0.1) is 6.92 Å². The molecule has 0 saturated carbocycles. The first-order valence-electron chi connectivity index (χ1n) is 28.3. The molecule has 0 aliphatic carbocycles. The smallest absolute Gasteiger partial charge is 0.266 e. The average molecular weight is 1170 g/mol. The third-order valence-corrected chi connectivity index (χ3v) is 22.4. The first-order valence-corrected chi connectivity index (χ1v) is 32.5. The quantitative estimate of drug-likeness (QED) is 0.0735. The van der Waals surface area contributed by atoms with Crippen molar-refractivity contribution < 1.29 is 19.2 Å². The van der Waals surface area contributed by atoms with Gasteiger partial charge in [-0.15, -0.1) is 56.7 Å². The van der Waals surface area contributed by atoms with Gasteiger partial charge >= 0.3 is 0 Å². The van der Waals surface area contributed by atoms with E-state index in [-0.39, 0.29) is 47.3 Å². The molecule has 6 nitrogen and oxygen atoms in total. The van der Waals surface area contributed by atoms with Gasteiger partial charge in [-0.05, 0) is 175 Å². The van der Waals surface area contributed by atoms with Crippen molar-refractivity contribution in [2.45, 2.75) is 99.8 Å². The van der Waals surface area contributed by atoms with Gasteiger partial charge in [-0.1, -0.05) is 124 Å². The van der Waals surface area contributed by atoms with E-state index >= 15 is 19.2 Å². The van der Waals surface area contributed by atoms with Crippen LogP contribution >= 0.6 is 56.7 Å². The zero-order valence-electron chi connectivity index (χ0n) is 47.7. The molecule has 2 aliphatic heterocycles. The predicted molar refractivity (Wildman–Crippen MR) is 352 cm³/mol.